The Labute approximate surface area is 125 Å². The summed E-state index contributed by atoms with van der Waals surface area (Å²) in [4.78, 5) is 2.46. The van der Waals surface area contributed by atoms with Gasteiger partial charge in [-0.2, -0.15) is 0 Å². The summed E-state index contributed by atoms with van der Waals surface area (Å²) < 4.78 is 0. The zero-order chi connectivity index (χ0) is 15.4. The Bertz CT molecular complexity index is 414. The van der Waals surface area contributed by atoms with Gasteiger partial charge >= 0.3 is 0 Å². The van der Waals surface area contributed by atoms with Crippen LogP contribution in [0.1, 0.15) is 49.1 Å². The van der Waals surface area contributed by atoms with E-state index >= 15 is 0 Å². The minimum atomic E-state index is 0.391. The highest BCUT2D eigenvalue weighted by Crippen LogP contribution is 2.25. The van der Waals surface area contributed by atoms with Crippen LogP contribution >= 0.6 is 0 Å². The van der Waals surface area contributed by atoms with Gasteiger partial charge in [0.25, 0.3) is 0 Å². The molecule has 2 unspecified atom stereocenters. The lowest BCUT2D eigenvalue weighted by atomic mass is 9.93. The molecule has 0 amide bonds. The fourth-order valence-electron chi connectivity index (χ4n) is 3.03. The molecule has 0 saturated carbocycles. The van der Waals surface area contributed by atoms with Gasteiger partial charge < -0.3 is 10.2 Å². The first-order valence-corrected chi connectivity index (χ1v) is 7.73. The molecule has 2 nitrogen and oxygen atoms in total. The molecule has 0 bridgehead atoms. The van der Waals surface area contributed by atoms with Crippen LogP contribution in [-0.4, -0.2) is 31.6 Å². The van der Waals surface area contributed by atoms with Crippen molar-refractivity contribution in [2.24, 2.45) is 5.92 Å². The molecule has 114 valence electrons. The molecule has 1 N–H and O–H groups in total. The van der Waals surface area contributed by atoms with Gasteiger partial charge in [0.2, 0.25) is 0 Å². The van der Waals surface area contributed by atoms with E-state index in [1.165, 1.54) is 22.3 Å². The highest BCUT2D eigenvalue weighted by atomic mass is 15.1. The van der Waals surface area contributed by atoms with Crippen LogP contribution in [0.25, 0.3) is 0 Å². The molecule has 0 fully saturated rings. The van der Waals surface area contributed by atoms with Gasteiger partial charge in [0.1, 0.15) is 0 Å². The maximum Gasteiger partial charge on any atom is 0.0452 e. The van der Waals surface area contributed by atoms with E-state index in [0.29, 0.717) is 18.0 Å². The number of nitrogens with zero attached hydrogens (tertiary/aromatic N) is 1. The summed E-state index contributed by atoms with van der Waals surface area (Å²) in [5.41, 5.74) is 5.60. The van der Waals surface area contributed by atoms with E-state index in [1.54, 1.807) is 0 Å². The molecule has 1 aromatic rings. The molecule has 2 atom stereocenters. The van der Waals surface area contributed by atoms with Gasteiger partial charge in [0.15, 0.2) is 0 Å². The fraction of sp³-hybridized carbons (Fsp3) is 0.667. The third-order valence-corrected chi connectivity index (χ3v) is 4.57. The van der Waals surface area contributed by atoms with E-state index < -0.39 is 0 Å². The SMILES string of the molecule is CNC(CN(C)C(C)C(C)C)c1c(C)cc(C)cc1C. The summed E-state index contributed by atoms with van der Waals surface area (Å²) in [6.45, 7) is 14.6. The van der Waals surface area contributed by atoms with Crippen molar-refractivity contribution in [1.82, 2.24) is 10.2 Å². The van der Waals surface area contributed by atoms with Crippen molar-refractivity contribution >= 4 is 0 Å². The molecule has 0 saturated heterocycles. The summed E-state index contributed by atoms with van der Waals surface area (Å²) >= 11 is 0. The Morgan fingerprint density at radius 3 is 1.95 bits per heavy atom. The minimum Gasteiger partial charge on any atom is -0.312 e. The summed E-state index contributed by atoms with van der Waals surface area (Å²) in [5.74, 6) is 0.678. The smallest absolute Gasteiger partial charge is 0.0452 e. The second-order valence-electron chi connectivity index (χ2n) is 6.58. The average Bonchev–Trinajstić information content (AvgIpc) is 2.34. The van der Waals surface area contributed by atoms with Crippen molar-refractivity contribution in [3.8, 4) is 0 Å². The van der Waals surface area contributed by atoms with Crippen molar-refractivity contribution in [3.63, 3.8) is 0 Å². The number of hydrogen-bond acceptors (Lipinski definition) is 2. The standard InChI is InChI=1S/C18H32N2/c1-12(2)16(6)20(8)11-17(19-7)18-14(4)9-13(3)10-15(18)5/h9-10,12,16-17,19H,11H2,1-8H3. The number of likely N-dealkylation sites (N-methyl/N-ethyl adjacent to an activating group) is 2. The third kappa shape index (κ3) is 4.07. The van der Waals surface area contributed by atoms with Crippen molar-refractivity contribution in [2.75, 3.05) is 20.6 Å². The van der Waals surface area contributed by atoms with Crippen LogP contribution in [0.2, 0.25) is 0 Å². The molecule has 0 aliphatic carbocycles. The number of hydrogen-bond donors (Lipinski definition) is 1. The first kappa shape index (κ1) is 17.2. The Morgan fingerprint density at radius 2 is 1.55 bits per heavy atom. The number of rotatable bonds is 6. The summed E-state index contributed by atoms with van der Waals surface area (Å²) in [6.07, 6.45) is 0. The van der Waals surface area contributed by atoms with Crippen LogP contribution in [0.3, 0.4) is 0 Å². The molecule has 20 heavy (non-hydrogen) atoms. The monoisotopic (exact) mass is 276 g/mol. The molecule has 0 aliphatic rings. The van der Waals surface area contributed by atoms with Gasteiger partial charge in [-0.1, -0.05) is 31.5 Å². The maximum absolute atomic E-state index is 3.50. The van der Waals surface area contributed by atoms with Gasteiger partial charge in [-0.05, 0) is 64.4 Å². The molecule has 0 aromatic heterocycles. The van der Waals surface area contributed by atoms with Crippen LogP contribution in [0.4, 0.5) is 0 Å². The Morgan fingerprint density at radius 1 is 1.05 bits per heavy atom. The van der Waals surface area contributed by atoms with Crippen molar-refractivity contribution < 1.29 is 0 Å². The van der Waals surface area contributed by atoms with E-state index in [4.69, 9.17) is 0 Å². The molecular weight excluding hydrogens is 244 g/mol. The van der Waals surface area contributed by atoms with Crippen molar-refractivity contribution in [2.45, 2.75) is 53.6 Å². The molecule has 0 heterocycles. The lowest BCUT2D eigenvalue weighted by molar-refractivity contribution is 0.190. The predicted molar refractivity (Wildman–Crippen MR) is 89.4 cm³/mol. The van der Waals surface area contributed by atoms with Crippen LogP contribution in [0.5, 0.6) is 0 Å². The Balaban J connectivity index is 2.97. The van der Waals surface area contributed by atoms with E-state index in [-0.39, 0.29) is 0 Å². The van der Waals surface area contributed by atoms with E-state index in [2.05, 4.69) is 78.0 Å². The first-order valence-electron chi connectivity index (χ1n) is 7.73. The van der Waals surface area contributed by atoms with Gasteiger partial charge in [-0.3, -0.25) is 0 Å². The zero-order valence-corrected chi connectivity index (χ0v) is 14.5. The number of aryl methyl sites for hydroxylation is 3. The van der Waals surface area contributed by atoms with E-state index in [0.717, 1.165) is 6.54 Å². The molecule has 1 aromatic carbocycles. The highest BCUT2D eigenvalue weighted by Gasteiger charge is 2.20. The van der Waals surface area contributed by atoms with Gasteiger partial charge in [0, 0.05) is 18.6 Å². The lowest BCUT2D eigenvalue weighted by Crippen LogP contribution is -2.39. The molecule has 1 rings (SSSR count). The Kier molecular flexibility index (Phi) is 6.22. The van der Waals surface area contributed by atoms with E-state index in [1.807, 2.05) is 0 Å². The van der Waals surface area contributed by atoms with Gasteiger partial charge in [-0.15, -0.1) is 0 Å². The quantitative estimate of drug-likeness (QED) is 0.849. The normalized spacial score (nSPS) is 14.9. The van der Waals surface area contributed by atoms with Crippen LogP contribution in [-0.2, 0) is 0 Å². The predicted octanol–water partition coefficient (Wildman–Crippen LogP) is 3.85. The highest BCUT2D eigenvalue weighted by molar-refractivity contribution is 5.39. The van der Waals surface area contributed by atoms with Crippen LogP contribution < -0.4 is 5.32 Å². The lowest BCUT2D eigenvalue weighted by Gasteiger charge is -2.32. The molecule has 0 radical (unpaired) electrons. The van der Waals surface area contributed by atoms with Crippen LogP contribution in [0.15, 0.2) is 12.1 Å². The van der Waals surface area contributed by atoms with Crippen LogP contribution in [0, 0.1) is 26.7 Å². The number of nitrogens with one attached hydrogen (secondary N) is 1. The molecule has 2 heteroatoms. The van der Waals surface area contributed by atoms with Crippen molar-refractivity contribution in [3.05, 3.63) is 34.4 Å². The third-order valence-electron chi connectivity index (χ3n) is 4.57. The average molecular weight is 276 g/mol. The van der Waals surface area contributed by atoms with Gasteiger partial charge in [-0.25, -0.2) is 0 Å². The topological polar surface area (TPSA) is 15.3 Å². The first-order chi connectivity index (χ1) is 9.27. The Hall–Kier alpha value is -0.860. The fourth-order valence-corrected chi connectivity index (χ4v) is 3.03. The molecule has 0 spiro atoms. The molecular formula is C18H32N2. The summed E-state index contributed by atoms with van der Waals surface area (Å²) in [7, 11) is 4.30. The zero-order valence-electron chi connectivity index (χ0n) is 14.5. The van der Waals surface area contributed by atoms with Gasteiger partial charge in [0.05, 0.1) is 0 Å². The number of benzene rings is 1. The summed E-state index contributed by atoms with van der Waals surface area (Å²) in [5, 5.41) is 3.50. The second kappa shape index (κ2) is 7.24. The van der Waals surface area contributed by atoms with Crippen molar-refractivity contribution in [1.29, 1.82) is 0 Å². The summed E-state index contributed by atoms with van der Waals surface area (Å²) in [6, 6.07) is 5.57. The largest absolute Gasteiger partial charge is 0.312 e. The second-order valence-corrected chi connectivity index (χ2v) is 6.58. The minimum absolute atomic E-state index is 0.391. The maximum atomic E-state index is 3.50. The molecule has 0 aliphatic heterocycles. The van der Waals surface area contributed by atoms with E-state index in [9.17, 15) is 0 Å².